The van der Waals surface area contributed by atoms with E-state index in [1.165, 1.54) is 4.90 Å². The van der Waals surface area contributed by atoms with Crippen molar-refractivity contribution in [1.82, 2.24) is 4.90 Å². The van der Waals surface area contributed by atoms with Gasteiger partial charge in [0, 0.05) is 13.1 Å². The number of carbonyl (C=O) groups excluding carboxylic acids is 1. The van der Waals surface area contributed by atoms with Crippen LogP contribution in [0.25, 0.3) is 0 Å². The molecular formula is C14H25NO4. The van der Waals surface area contributed by atoms with Crippen molar-refractivity contribution in [2.24, 2.45) is 17.8 Å². The lowest BCUT2D eigenvalue weighted by Gasteiger charge is -2.24. The molecule has 0 bridgehead atoms. The SMILES string of the molecule is CC(C)C[C@H]1CN(C(=O)OC(C)(C)C)C[C@@H]1C(=O)O. The Morgan fingerprint density at radius 3 is 2.32 bits per heavy atom. The fourth-order valence-electron chi connectivity index (χ4n) is 2.47. The predicted molar refractivity (Wildman–Crippen MR) is 71.9 cm³/mol. The minimum atomic E-state index is -0.822. The smallest absolute Gasteiger partial charge is 0.410 e. The van der Waals surface area contributed by atoms with Crippen LogP contribution in [-0.4, -0.2) is 40.8 Å². The van der Waals surface area contributed by atoms with Gasteiger partial charge in [0.1, 0.15) is 5.60 Å². The molecule has 0 radical (unpaired) electrons. The van der Waals surface area contributed by atoms with Gasteiger partial charge in [-0.25, -0.2) is 4.79 Å². The minimum absolute atomic E-state index is 0.0185. The number of likely N-dealkylation sites (tertiary alicyclic amines) is 1. The Bertz CT molecular complexity index is 346. The van der Waals surface area contributed by atoms with Gasteiger partial charge in [0.25, 0.3) is 0 Å². The van der Waals surface area contributed by atoms with Gasteiger partial charge >= 0.3 is 12.1 Å². The Morgan fingerprint density at radius 1 is 1.32 bits per heavy atom. The fraction of sp³-hybridized carbons (Fsp3) is 0.857. The molecule has 110 valence electrons. The summed E-state index contributed by atoms with van der Waals surface area (Å²) < 4.78 is 5.30. The molecule has 5 nitrogen and oxygen atoms in total. The molecule has 1 aliphatic rings. The average molecular weight is 271 g/mol. The lowest BCUT2D eigenvalue weighted by Crippen LogP contribution is -2.36. The van der Waals surface area contributed by atoms with Gasteiger partial charge in [-0.2, -0.15) is 0 Å². The summed E-state index contributed by atoms with van der Waals surface area (Å²) in [6.45, 7) is 10.3. The maximum absolute atomic E-state index is 12.0. The molecule has 0 aromatic rings. The van der Waals surface area contributed by atoms with E-state index in [4.69, 9.17) is 4.74 Å². The number of carbonyl (C=O) groups is 2. The zero-order chi connectivity index (χ0) is 14.8. The number of ether oxygens (including phenoxy) is 1. The van der Waals surface area contributed by atoms with Crippen LogP contribution in [0.2, 0.25) is 0 Å². The molecule has 1 N–H and O–H groups in total. The molecule has 0 unspecified atom stereocenters. The van der Waals surface area contributed by atoms with Gasteiger partial charge in [-0.05, 0) is 39.0 Å². The molecule has 1 saturated heterocycles. The molecule has 0 spiro atoms. The molecule has 1 heterocycles. The minimum Gasteiger partial charge on any atom is -0.481 e. The van der Waals surface area contributed by atoms with Crippen LogP contribution in [0.1, 0.15) is 41.0 Å². The largest absolute Gasteiger partial charge is 0.481 e. The second-order valence-corrected chi connectivity index (χ2v) is 6.72. The summed E-state index contributed by atoms with van der Waals surface area (Å²) >= 11 is 0. The summed E-state index contributed by atoms with van der Waals surface area (Å²) in [6, 6.07) is 0. The number of carboxylic acids is 1. The fourth-order valence-corrected chi connectivity index (χ4v) is 2.47. The van der Waals surface area contributed by atoms with Crippen molar-refractivity contribution in [2.75, 3.05) is 13.1 Å². The molecule has 1 aliphatic heterocycles. The van der Waals surface area contributed by atoms with E-state index >= 15 is 0 Å². The second kappa shape index (κ2) is 5.80. The first-order valence-corrected chi connectivity index (χ1v) is 6.81. The van der Waals surface area contributed by atoms with Crippen LogP contribution in [-0.2, 0) is 9.53 Å². The van der Waals surface area contributed by atoms with Crippen LogP contribution in [0.4, 0.5) is 4.79 Å². The first kappa shape index (κ1) is 15.8. The maximum atomic E-state index is 12.0. The van der Waals surface area contributed by atoms with Gasteiger partial charge in [0.05, 0.1) is 5.92 Å². The molecule has 19 heavy (non-hydrogen) atoms. The second-order valence-electron chi connectivity index (χ2n) is 6.72. The number of rotatable bonds is 3. The number of hydrogen-bond donors (Lipinski definition) is 1. The summed E-state index contributed by atoms with van der Waals surface area (Å²) in [5, 5.41) is 9.25. The predicted octanol–water partition coefficient (Wildman–Crippen LogP) is 2.60. The van der Waals surface area contributed by atoms with E-state index in [-0.39, 0.29) is 12.5 Å². The summed E-state index contributed by atoms with van der Waals surface area (Å²) in [4.78, 5) is 24.8. The van der Waals surface area contributed by atoms with E-state index in [9.17, 15) is 14.7 Å². The van der Waals surface area contributed by atoms with Gasteiger partial charge in [-0.15, -0.1) is 0 Å². The summed E-state index contributed by atoms with van der Waals surface area (Å²) in [5.74, 6) is -0.859. The third-order valence-corrected chi connectivity index (χ3v) is 3.18. The lowest BCUT2D eigenvalue weighted by molar-refractivity contribution is -0.142. The third-order valence-electron chi connectivity index (χ3n) is 3.18. The highest BCUT2D eigenvalue weighted by molar-refractivity contribution is 5.74. The summed E-state index contributed by atoms with van der Waals surface area (Å²) in [6.07, 6.45) is 0.404. The molecule has 0 aromatic carbocycles. The summed E-state index contributed by atoms with van der Waals surface area (Å²) in [7, 11) is 0. The van der Waals surface area contributed by atoms with Crippen LogP contribution in [0.3, 0.4) is 0 Å². The normalized spacial score (nSPS) is 23.8. The number of carboxylic acid groups (broad SMARTS) is 1. The third kappa shape index (κ3) is 4.73. The zero-order valence-electron chi connectivity index (χ0n) is 12.5. The van der Waals surface area contributed by atoms with Gasteiger partial charge in [0.2, 0.25) is 0 Å². The van der Waals surface area contributed by atoms with Crippen molar-refractivity contribution < 1.29 is 19.4 Å². The van der Waals surface area contributed by atoms with Crippen LogP contribution in [0.5, 0.6) is 0 Å². The molecule has 0 saturated carbocycles. The van der Waals surface area contributed by atoms with Crippen molar-refractivity contribution in [3.63, 3.8) is 0 Å². The number of amides is 1. The van der Waals surface area contributed by atoms with E-state index < -0.39 is 23.6 Å². The van der Waals surface area contributed by atoms with Crippen LogP contribution in [0, 0.1) is 17.8 Å². The highest BCUT2D eigenvalue weighted by atomic mass is 16.6. The summed E-state index contributed by atoms with van der Waals surface area (Å²) in [5.41, 5.74) is -0.550. The quantitative estimate of drug-likeness (QED) is 0.856. The number of hydrogen-bond acceptors (Lipinski definition) is 3. The highest BCUT2D eigenvalue weighted by Gasteiger charge is 2.40. The Hall–Kier alpha value is -1.26. The van der Waals surface area contributed by atoms with Gasteiger partial charge < -0.3 is 14.7 Å². The first-order valence-electron chi connectivity index (χ1n) is 6.81. The van der Waals surface area contributed by atoms with Crippen molar-refractivity contribution in [3.8, 4) is 0 Å². The number of aliphatic carboxylic acids is 1. The van der Waals surface area contributed by atoms with Crippen molar-refractivity contribution in [2.45, 2.75) is 46.6 Å². The van der Waals surface area contributed by atoms with E-state index in [0.717, 1.165) is 6.42 Å². The Balaban J connectivity index is 2.69. The topological polar surface area (TPSA) is 66.8 Å². The van der Waals surface area contributed by atoms with Gasteiger partial charge in [-0.3, -0.25) is 4.79 Å². The van der Waals surface area contributed by atoms with Crippen molar-refractivity contribution in [3.05, 3.63) is 0 Å². The standard InChI is InChI=1S/C14H25NO4/c1-9(2)6-10-7-15(8-11(10)12(16)17)13(18)19-14(3,4)5/h9-11H,6-8H2,1-5H3,(H,16,17)/t10-,11-/m0/s1. The van der Waals surface area contributed by atoms with Crippen molar-refractivity contribution >= 4 is 12.1 Å². The average Bonchev–Trinajstić information content (AvgIpc) is 2.57. The molecule has 0 aliphatic carbocycles. The first-order chi connectivity index (χ1) is 8.60. The van der Waals surface area contributed by atoms with Crippen LogP contribution < -0.4 is 0 Å². The maximum Gasteiger partial charge on any atom is 0.410 e. The molecule has 1 amide bonds. The Kier molecular flexibility index (Phi) is 4.82. The monoisotopic (exact) mass is 271 g/mol. The Labute approximate surface area is 114 Å². The molecular weight excluding hydrogens is 246 g/mol. The van der Waals surface area contributed by atoms with Gasteiger partial charge in [-0.1, -0.05) is 13.8 Å². The number of nitrogens with zero attached hydrogens (tertiary/aromatic N) is 1. The molecule has 2 atom stereocenters. The molecule has 5 heteroatoms. The Morgan fingerprint density at radius 2 is 1.89 bits per heavy atom. The van der Waals surface area contributed by atoms with Crippen LogP contribution >= 0.6 is 0 Å². The lowest BCUT2D eigenvalue weighted by atomic mass is 9.88. The zero-order valence-corrected chi connectivity index (χ0v) is 12.5. The van der Waals surface area contributed by atoms with E-state index in [0.29, 0.717) is 12.5 Å². The highest BCUT2D eigenvalue weighted by Crippen LogP contribution is 2.30. The van der Waals surface area contributed by atoms with E-state index in [1.807, 2.05) is 0 Å². The van der Waals surface area contributed by atoms with Gasteiger partial charge in [0.15, 0.2) is 0 Å². The molecule has 1 rings (SSSR count). The molecule has 0 aromatic heterocycles. The van der Waals surface area contributed by atoms with Crippen LogP contribution in [0.15, 0.2) is 0 Å². The van der Waals surface area contributed by atoms with E-state index in [2.05, 4.69) is 13.8 Å². The molecule has 1 fully saturated rings. The van der Waals surface area contributed by atoms with Crippen molar-refractivity contribution in [1.29, 1.82) is 0 Å². The van der Waals surface area contributed by atoms with E-state index in [1.54, 1.807) is 20.8 Å².